The van der Waals surface area contributed by atoms with Gasteiger partial charge in [0.15, 0.2) is 0 Å². The summed E-state index contributed by atoms with van der Waals surface area (Å²) in [6.45, 7) is 6.55. The summed E-state index contributed by atoms with van der Waals surface area (Å²) >= 11 is 0. The third-order valence-electron chi connectivity index (χ3n) is 3.13. The molecule has 1 rings (SSSR count). The van der Waals surface area contributed by atoms with Crippen molar-refractivity contribution in [3.05, 3.63) is 0 Å². The van der Waals surface area contributed by atoms with Crippen molar-refractivity contribution in [1.29, 1.82) is 0 Å². The molecule has 3 heteroatoms. The van der Waals surface area contributed by atoms with E-state index in [1.54, 1.807) is 0 Å². The second kappa shape index (κ2) is 7.20. The van der Waals surface area contributed by atoms with Gasteiger partial charge in [-0.1, -0.05) is 0 Å². The minimum atomic E-state index is -0.146. The number of rotatable bonds is 6. The summed E-state index contributed by atoms with van der Waals surface area (Å²) in [5, 5.41) is 12.6. The highest BCUT2D eigenvalue weighted by Gasteiger charge is 2.16. The van der Waals surface area contributed by atoms with Crippen LogP contribution in [0.2, 0.25) is 0 Å². The van der Waals surface area contributed by atoms with E-state index in [1.165, 1.54) is 25.9 Å². The van der Waals surface area contributed by atoms with Crippen LogP contribution in [0.1, 0.15) is 32.6 Å². The van der Waals surface area contributed by atoms with Crippen LogP contribution in [0.5, 0.6) is 0 Å². The summed E-state index contributed by atoms with van der Waals surface area (Å²) in [6.07, 6.45) is 4.56. The number of nitrogens with zero attached hydrogens (tertiary/aromatic N) is 1. The van der Waals surface area contributed by atoms with Crippen molar-refractivity contribution >= 4 is 0 Å². The zero-order valence-electron chi connectivity index (χ0n) is 10.2. The lowest BCUT2D eigenvalue weighted by Gasteiger charge is -2.29. The molecule has 0 radical (unpaired) electrons. The zero-order chi connectivity index (χ0) is 11.1. The second-order valence-electron chi connectivity index (χ2n) is 4.97. The van der Waals surface area contributed by atoms with Gasteiger partial charge in [0.05, 0.1) is 6.10 Å². The van der Waals surface area contributed by atoms with Crippen LogP contribution in [-0.4, -0.2) is 49.3 Å². The summed E-state index contributed by atoms with van der Waals surface area (Å²) in [7, 11) is 2.21. The molecule has 2 unspecified atom stereocenters. The molecule has 1 fully saturated rings. The van der Waals surface area contributed by atoms with E-state index in [0.29, 0.717) is 0 Å². The Labute approximate surface area is 93.9 Å². The van der Waals surface area contributed by atoms with Crippen molar-refractivity contribution in [3.8, 4) is 0 Å². The van der Waals surface area contributed by atoms with Crippen molar-refractivity contribution in [3.63, 3.8) is 0 Å². The van der Waals surface area contributed by atoms with Gasteiger partial charge in [-0.15, -0.1) is 0 Å². The number of hydrogen-bond donors (Lipinski definition) is 2. The van der Waals surface area contributed by atoms with Gasteiger partial charge in [0.25, 0.3) is 0 Å². The van der Waals surface area contributed by atoms with Gasteiger partial charge in [-0.05, 0) is 65.2 Å². The lowest BCUT2D eigenvalue weighted by atomic mass is 9.98. The highest BCUT2D eigenvalue weighted by molar-refractivity contribution is 4.72. The maximum absolute atomic E-state index is 9.10. The fourth-order valence-corrected chi connectivity index (χ4v) is 2.27. The predicted molar refractivity (Wildman–Crippen MR) is 64.0 cm³/mol. The van der Waals surface area contributed by atoms with Crippen LogP contribution in [0.25, 0.3) is 0 Å². The van der Waals surface area contributed by atoms with Gasteiger partial charge >= 0.3 is 0 Å². The molecule has 0 saturated carbocycles. The molecular formula is C12H26N2O. The smallest absolute Gasteiger partial charge is 0.0512 e. The molecule has 0 aromatic carbocycles. The SMILES string of the molecule is CC(O)CCCNCC1CCCN(C)C1. The molecule has 1 aliphatic heterocycles. The van der Waals surface area contributed by atoms with Gasteiger partial charge in [-0.2, -0.15) is 0 Å². The van der Waals surface area contributed by atoms with Crippen molar-refractivity contribution in [2.45, 2.75) is 38.7 Å². The molecule has 0 spiro atoms. The maximum Gasteiger partial charge on any atom is 0.0512 e. The minimum absolute atomic E-state index is 0.146. The Morgan fingerprint density at radius 2 is 2.33 bits per heavy atom. The normalized spacial score (nSPS) is 25.4. The van der Waals surface area contributed by atoms with Crippen LogP contribution in [0.4, 0.5) is 0 Å². The summed E-state index contributed by atoms with van der Waals surface area (Å²) in [4.78, 5) is 2.42. The van der Waals surface area contributed by atoms with Crippen LogP contribution < -0.4 is 5.32 Å². The summed E-state index contributed by atoms with van der Waals surface area (Å²) in [6, 6.07) is 0. The molecule has 2 N–H and O–H groups in total. The Morgan fingerprint density at radius 1 is 1.53 bits per heavy atom. The zero-order valence-corrected chi connectivity index (χ0v) is 10.2. The topological polar surface area (TPSA) is 35.5 Å². The number of nitrogens with one attached hydrogen (secondary N) is 1. The summed E-state index contributed by atoms with van der Waals surface area (Å²) in [5.74, 6) is 0.829. The first-order valence-corrected chi connectivity index (χ1v) is 6.26. The van der Waals surface area contributed by atoms with E-state index in [9.17, 15) is 0 Å². The highest BCUT2D eigenvalue weighted by atomic mass is 16.3. The molecular weight excluding hydrogens is 188 g/mol. The van der Waals surface area contributed by atoms with E-state index in [1.807, 2.05) is 6.92 Å². The first kappa shape index (κ1) is 12.9. The van der Waals surface area contributed by atoms with Crippen molar-refractivity contribution in [1.82, 2.24) is 10.2 Å². The van der Waals surface area contributed by atoms with Gasteiger partial charge in [0, 0.05) is 6.54 Å². The Morgan fingerprint density at radius 3 is 3.00 bits per heavy atom. The third kappa shape index (κ3) is 6.13. The molecule has 3 nitrogen and oxygen atoms in total. The van der Waals surface area contributed by atoms with E-state index in [4.69, 9.17) is 5.11 Å². The van der Waals surface area contributed by atoms with Crippen molar-refractivity contribution < 1.29 is 5.11 Å². The largest absolute Gasteiger partial charge is 0.393 e. The van der Waals surface area contributed by atoms with Crippen molar-refractivity contribution in [2.24, 2.45) is 5.92 Å². The van der Waals surface area contributed by atoms with Crippen LogP contribution in [0, 0.1) is 5.92 Å². The lowest BCUT2D eigenvalue weighted by Crippen LogP contribution is -2.37. The molecule has 0 aliphatic carbocycles. The van der Waals surface area contributed by atoms with E-state index in [0.717, 1.165) is 31.8 Å². The second-order valence-corrected chi connectivity index (χ2v) is 4.97. The minimum Gasteiger partial charge on any atom is -0.393 e. The average molecular weight is 214 g/mol. The van der Waals surface area contributed by atoms with Gasteiger partial charge in [0.1, 0.15) is 0 Å². The predicted octanol–water partition coefficient (Wildman–Crippen LogP) is 1.08. The Hall–Kier alpha value is -0.120. The van der Waals surface area contributed by atoms with Crippen molar-refractivity contribution in [2.75, 3.05) is 33.2 Å². The van der Waals surface area contributed by atoms with Gasteiger partial charge in [-0.3, -0.25) is 0 Å². The molecule has 15 heavy (non-hydrogen) atoms. The number of hydrogen-bond acceptors (Lipinski definition) is 3. The summed E-state index contributed by atoms with van der Waals surface area (Å²) < 4.78 is 0. The maximum atomic E-state index is 9.10. The molecule has 0 aromatic rings. The van der Waals surface area contributed by atoms with Gasteiger partial charge < -0.3 is 15.3 Å². The van der Waals surface area contributed by atoms with Crippen LogP contribution >= 0.6 is 0 Å². The number of aliphatic hydroxyl groups excluding tert-OH is 1. The summed E-state index contributed by atoms with van der Waals surface area (Å²) in [5.41, 5.74) is 0. The molecule has 0 amide bonds. The molecule has 1 heterocycles. The van der Waals surface area contributed by atoms with E-state index in [-0.39, 0.29) is 6.10 Å². The van der Waals surface area contributed by atoms with Gasteiger partial charge in [-0.25, -0.2) is 0 Å². The van der Waals surface area contributed by atoms with Crippen LogP contribution in [0.15, 0.2) is 0 Å². The number of piperidine rings is 1. The molecule has 0 bridgehead atoms. The number of aliphatic hydroxyl groups is 1. The first-order valence-electron chi connectivity index (χ1n) is 6.26. The van der Waals surface area contributed by atoms with Crippen LogP contribution in [-0.2, 0) is 0 Å². The molecule has 0 aromatic heterocycles. The standard InChI is InChI=1S/C12H26N2O/c1-11(15)5-3-7-13-9-12-6-4-8-14(2)10-12/h11-13,15H,3-10H2,1-2H3. The number of likely N-dealkylation sites (tertiary alicyclic amines) is 1. The highest BCUT2D eigenvalue weighted by Crippen LogP contribution is 2.13. The fourth-order valence-electron chi connectivity index (χ4n) is 2.27. The lowest BCUT2D eigenvalue weighted by molar-refractivity contribution is 0.179. The molecule has 2 atom stereocenters. The quantitative estimate of drug-likeness (QED) is 0.650. The van der Waals surface area contributed by atoms with E-state index in [2.05, 4.69) is 17.3 Å². The average Bonchev–Trinajstić information content (AvgIpc) is 2.17. The fraction of sp³-hybridized carbons (Fsp3) is 1.00. The molecule has 1 aliphatic rings. The molecule has 1 saturated heterocycles. The first-order chi connectivity index (χ1) is 7.18. The van der Waals surface area contributed by atoms with E-state index >= 15 is 0 Å². The Bertz CT molecular complexity index is 162. The molecule has 90 valence electrons. The van der Waals surface area contributed by atoms with Gasteiger partial charge in [0.2, 0.25) is 0 Å². The monoisotopic (exact) mass is 214 g/mol. The van der Waals surface area contributed by atoms with Crippen LogP contribution in [0.3, 0.4) is 0 Å². The Balaban J connectivity index is 1.95. The Kier molecular flexibility index (Phi) is 6.22. The third-order valence-corrected chi connectivity index (χ3v) is 3.13. The van der Waals surface area contributed by atoms with E-state index < -0.39 is 0 Å².